The average molecular weight is 555 g/mol. The quantitative estimate of drug-likeness (QED) is 0.286. The number of imide groups is 1. The Morgan fingerprint density at radius 1 is 1.08 bits per heavy atom. The first kappa shape index (κ1) is 27.3. The standard InChI is InChI=1S/C28H35FN4O5Si/c1-39(2,3)14-13-38-18-33-26(36)28(30-27(33)37,17-31-16-19-6-9-21(29)15-23(19)25(31)35)20-7-10-22(11-8-20)32-12-4-5-24(32)34/h6-7,9-10,15H,4-5,8,11-14,16-18H2,1-3H3,(H,30,37)/t28-/m0/s1. The Kier molecular flexibility index (Phi) is 7.23. The maximum atomic E-state index is 14.0. The van der Waals surface area contributed by atoms with Crippen LogP contribution in [0.3, 0.4) is 0 Å². The molecule has 3 heterocycles. The van der Waals surface area contributed by atoms with Gasteiger partial charge in [-0.05, 0) is 54.7 Å². The Bertz CT molecular complexity index is 1290. The fourth-order valence-corrected chi connectivity index (χ4v) is 6.37. The van der Waals surface area contributed by atoms with Crippen molar-refractivity contribution in [2.75, 3.05) is 26.4 Å². The lowest BCUT2D eigenvalue weighted by atomic mass is 9.83. The van der Waals surface area contributed by atoms with Crippen LogP contribution >= 0.6 is 0 Å². The molecule has 208 valence electrons. The summed E-state index contributed by atoms with van der Waals surface area (Å²) < 4.78 is 19.6. The second-order valence-electron chi connectivity index (χ2n) is 11.9. The number of likely N-dealkylation sites (tertiary alicyclic amines) is 1. The number of fused-ring (bicyclic) bond motifs is 1. The molecule has 0 bridgehead atoms. The molecule has 5 rings (SSSR count). The minimum atomic E-state index is -1.48. The number of halogens is 1. The summed E-state index contributed by atoms with van der Waals surface area (Å²) in [6, 6.07) is 4.41. The average Bonchev–Trinajstić information content (AvgIpc) is 3.52. The highest BCUT2D eigenvalue weighted by Crippen LogP contribution is 2.37. The molecule has 1 N–H and O–H groups in total. The number of rotatable bonds is 9. The van der Waals surface area contributed by atoms with Crippen LogP contribution < -0.4 is 5.32 Å². The smallest absolute Gasteiger partial charge is 0.327 e. The Labute approximate surface area is 228 Å². The van der Waals surface area contributed by atoms with E-state index in [9.17, 15) is 23.6 Å². The monoisotopic (exact) mass is 554 g/mol. The van der Waals surface area contributed by atoms with Crippen LogP contribution in [0.25, 0.3) is 0 Å². The number of hydrogen-bond acceptors (Lipinski definition) is 5. The fourth-order valence-electron chi connectivity index (χ4n) is 5.61. The van der Waals surface area contributed by atoms with E-state index in [0.717, 1.165) is 23.1 Å². The third-order valence-electron chi connectivity index (χ3n) is 7.87. The van der Waals surface area contributed by atoms with Crippen LogP contribution in [0.2, 0.25) is 25.7 Å². The first-order chi connectivity index (χ1) is 18.5. The van der Waals surface area contributed by atoms with Crippen molar-refractivity contribution >= 4 is 31.8 Å². The largest absolute Gasteiger partial charge is 0.361 e. The number of carbonyl (C=O) groups is 4. The predicted molar refractivity (Wildman–Crippen MR) is 145 cm³/mol. The van der Waals surface area contributed by atoms with E-state index in [1.165, 1.54) is 17.0 Å². The minimum Gasteiger partial charge on any atom is -0.361 e. The molecule has 0 radical (unpaired) electrons. The number of nitrogens with one attached hydrogen (secondary N) is 1. The molecule has 1 aliphatic carbocycles. The second kappa shape index (κ2) is 10.3. The second-order valence-corrected chi connectivity index (χ2v) is 17.5. The van der Waals surface area contributed by atoms with Crippen LogP contribution in [-0.2, 0) is 20.9 Å². The number of carbonyl (C=O) groups excluding carboxylic acids is 4. The zero-order chi connectivity index (χ0) is 27.9. The molecule has 0 saturated carbocycles. The van der Waals surface area contributed by atoms with Gasteiger partial charge in [0.2, 0.25) is 5.91 Å². The summed E-state index contributed by atoms with van der Waals surface area (Å²) in [4.78, 5) is 57.0. The van der Waals surface area contributed by atoms with Crippen molar-refractivity contribution in [1.29, 1.82) is 0 Å². The maximum absolute atomic E-state index is 14.0. The minimum absolute atomic E-state index is 0.0875. The van der Waals surface area contributed by atoms with Crippen LogP contribution in [0.5, 0.6) is 0 Å². The molecular weight excluding hydrogens is 519 g/mol. The van der Waals surface area contributed by atoms with E-state index in [2.05, 4.69) is 25.0 Å². The molecule has 1 aromatic rings. The van der Waals surface area contributed by atoms with E-state index in [4.69, 9.17) is 4.74 Å². The van der Waals surface area contributed by atoms with Gasteiger partial charge in [0.25, 0.3) is 11.8 Å². The summed E-state index contributed by atoms with van der Waals surface area (Å²) in [5, 5.41) is 2.89. The summed E-state index contributed by atoms with van der Waals surface area (Å²) >= 11 is 0. The highest BCUT2D eigenvalue weighted by Gasteiger charge is 2.55. The molecule has 39 heavy (non-hydrogen) atoms. The van der Waals surface area contributed by atoms with Crippen molar-refractivity contribution in [3.8, 4) is 0 Å². The van der Waals surface area contributed by atoms with Gasteiger partial charge >= 0.3 is 6.03 Å². The van der Waals surface area contributed by atoms with Crippen LogP contribution in [-0.4, -0.2) is 78.5 Å². The van der Waals surface area contributed by atoms with Crippen molar-refractivity contribution < 1.29 is 28.3 Å². The number of nitrogens with zero attached hydrogens (tertiary/aromatic N) is 3. The SMILES string of the molecule is C[Si](C)(C)CCOCN1C(=O)N[C@@](CN2Cc3ccc(F)cc3C2=O)(C2=CC=C(N3CCCC3=O)CC2)C1=O. The molecule has 0 aromatic heterocycles. The lowest BCUT2D eigenvalue weighted by molar-refractivity contribution is -0.134. The van der Waals surface area contributed by atoms with Gasteiger partial charge in [0.15, 0.2) is 5.54 Å². The maximum Gasteiger partial charge on any atom is 0.327 e. The number of ether oxygens (including phenoxy) is 1. The van der Waals surface area contributed by atoms with Crippen LogP contribution in [0, 0.1) is 5.82 Å². The van der Waals surface area contributed by atoms with E-state index in [-0.39, 0.29) is 37.2 Å². The number of benzene rings is 1. The van der Waals surface area contributed by atoms with Gasteiger partial charge in [0.05, 0.1) is 6.54 Å². The van der Waals surface area contributed by atoms with Crippen molar-refractivity contribution in [3.05, 3.63) is 58.6 Å². The van der Waals surface area contributed by atoms with Crippen LogP contribution in [0.4, 0.5) is 9.18 Å². The molecule has 0 unspecified atom stereocenters. The molecule has 11 heteroatoms. The van der Waals surface area contributed by atoms with Gasteiger partial charge in [-0.15, -0.1) is 0 Å². The van der Waals surface area contributed by atoms with Crippen molar-refractivity contribution in [2.24, 2.45) is 0 Å². The van der Waals surface area contributed by atoms with Crippen molar-refractivity contribution in [3.63, 3.8) is 0 Å². The highest BCUT2D eigenvalue weighted by molar-refractivity contribution is 6.76. The predicted octanol–water partition coefficient (Wildman–Crippen LogP) is 3.61. The van der Waals surface area contributed by atoms with Crippen molar-refractivity contribution in [1.82, 2.24) is 20.0 Å². The molecular formula is C28H35FN4O5Si. The number of amides is 5. The molecule has 2 fully saturated rings. The lowest BCUT2D eigenvalue weighted by Gasteiger charge is -2.35. The first-order valence-corrected chi connectivity index (χ1v) is 17.2. The Morgan fingerprint density at radius 3 is 2.54 bits per heavy atom. The van der Waals surface area contributed by atoms with Gasteiger partial charge in [-0.3, -0.25) is 14.4 Å². The molecule has 4 aliphatic rings. The lowest BCUT2D eigenvalue weighted by Crippen LogP contribution is -2.57. The third kappa shape index (κ3) is 5.29. The Hall–Kier alpha value is -3.31. The summed E-state index contributed by atoms with van der Waals surface area (Å²) in [5.74, 6) is -1.27. The zero-order valence-electron chi connectivity index (χ0n) is 22.7. The molecule has 5 amide bonds. The van der Waals surface area contributed by atoms with E-state index in [1.54, 1.807) is 17.0 Å². The van der Waals surface area contributed by atoms with Crippen LogP contribution in [0.15, 0.2) is 41.6 Å². The summed E-state index contributed by atoms with van der Waals surface area (Å²) in [5.41, 5.74) is 1.01. The molecule has 2 saturated heterocycles. The third-order valence-corrected chi connectivity index (χ3v) is 9.57. The highest BCUT2D eigenvalue weighted by atomic mass is 28.3. The van der Waals surface area contributed by atoms with E-state index in [0.29, 0.717) is 43.6 Å². The van der Waals surface area contributed by atoms with Gasteiger partial charge in [-0.25, -0.2) is 14.1 Å². The number of allylic oxidation sites excluding steroid dienone is 3. The van der Waals surface area contributed by atoms with Gasteiger partial charge in [0, 0.05) is 45.5 Å². The Morgan fingerprint density at radius 2 is 1.87 bits per heavy atom. The topological polar surface area (TPSA) is 99.3 Å². The fraction of sp³-hybridized carbons (Fsp3) is 0.500. The summed E-state index contributed by atoms with van der Waals surface area (Å²) in [6.07, 6.45) is 5.95. The number of hydrogen-bond donors (Lipinski definition) is 1. The summed E-state index contributed by atoms with van der Waals surface area (Å²) in [7, 11) is -1.36. The van der Waals surface area contributed by atoms with Gasteiger partial charge in [-0.1, -0.05) is 31.8 Å². The number of urea groups is 1. The summed E-state index contributed by atoms with van der Waals surface area (Å²) in [6.45, 7) is 7.74. The van der Waals surface area contributed by atoms with Crippen LogP contribution in [0.1, 0.15) is 41.6 Å². The van der Waals surface area contributed by atoms with Crippen molar-refractivity contribution in [2.45, 2.75) is 63.5 Å². The van der Waals surface area contributed by atoms with Gasteiger partial charge in [0.1, 0.15) is 12.5 Å². The molecule has 9 nitrogen and oxygen atoms in total. The van der Waals surface area contributed by atoms with E-state index < -0.39 is 31.4 Å². The van der Waals surface area contributed by atoms with Gasteiger partial charge in [-0.2, -0.15) is 0 Å². The molecule has 3 aliphatic heterocycles. The molecule has 1 aromatic carbocycles. The van der Waals surface area contributed by atoms with Gasteiger partial charge < -0.3 is 19.9 Å². The molecule has 1 atom stereocenters. The first-order valence-electron chi connectivity index (χ1n) is 13.5. The van der Waals surface area contributed by atoms with E-state index >= 15 is 0 Å². The Balaban J connectivity index is 1.42. The van der Waals surface area contributed by atoms with E-state index in [1.807, 2.05) is 6.08 Å². The normalized spacial score (nSPS) is 23.4. The zero-order valence-corrected chi connectivity index (χ0v) is 23.7. The molecule has 0 spiro atoms.